The average Bonchev–Trinajstić information content (AvgIpc) is 2.53. The molecule has 2 rings (SSSR count). The van der Waals surface area contributed by atoms with Crippen LogP contribution in [-0.4, -0.2) is 52.6 Å². The van der Waals surface area contributed by atoms with Gasteiger partial charge in [0, 0.05) is 30.1 Å². The largest absolute Gasteiger partial charge is 0.497 e. The van der Waals surface area contributed by atoms with Gasteiger partial charge in [0.1, 0.15) is 11.5 Å². The number of piperidine rings is 1. The smallest absolute Gasteiger partial charge is 0.245 e. The Kier molecular flexibility index (Phi) is 6.88. The van der Waals surface area contributed by atoms with Gasteiger partial charge in [-0.2, -0.15) is 0 Å². The molecule has 2 N–H and O–H groups in total. The number of sulfone groups is 1. The highest BCUT2D eigenvalue weighted by atomic mass is 35.5. The molecule has 0 aliphatic carbocycles. The molecule has 0 radical (unpaired) electrons. The predicted octanol–water partition coefficient (Wildman–Crippen LogP) is 1.23. The van der Waals surface area contributed by atoms with Gasteiger partial charge in [-0.15, -0.1) is 12.4 Å². The predicted molar refractivity (Wildman–Crippen MR) is 95.1 cm³/mol. The van der Waals surface area contributed by atoms with Crippen LogP contribution in [0, 0.1) is 0 Å². The van der Waals surface area contributed by atoms with E-state index in [1.54, 1.807) is 18.2 Å². The summed E-state index contributed by atoms with van der Waals surface area (Å²) in [6.07, 6.45) is 1.61. The van der Waals surface area contributed by atoms with E-state index in [1.165, 1.54) is 14.2 Å². The quantitative estimate of drug-likeness (QED) is 0.800. The number of anilines is 1. The van der Waals surface area contributed by atoms with Gasteiger partial charge in [0.05, 0.1) is 14.2 Å². The molecule has 0 atom stereocenters. The first-order chi connectivity index (χ1) is 10.8. The zero-order valence-electron chi connectivity index (χ0n) is 13.9. The normalized spacial score (nSPS) is 16.6. The van der Waals surface area contributed by atoms with Crippen LogP contribution < -0.4 is 20.1 Å². The molecule has 136 valence electrons. The fraction of sp³-hybridized carbons (Fsp3) is 0.533. The summed E-state index contributed by atoms with van der Waals surface area (Å²) in [5, 5.41) is 5.78. The number of hydrogen-bond donors (Lipinski definition) is 2. The van der Waals surface area contributed by atoms with Crippen molar-refractivity contribution in [3.63, 3.8) is 0 Å². The summed E-state index contributed by atoms with van der Waals surface area (Å²) in [4.78, 5) is 12.7. The molecule has 0 spiro atoms. The third kappa shape index (κ3) is 4.12. The molecule has 1 amide bonds. The maximum Gasteiger partial charge on any atom is 0.245 e. The van der Waals surface area contributed by atoms with Gasteiger partial charge in [-0.3, -0.25) is 4.79 Å². The molecule has 1 heterocycles. The minimum Gasteiger partial charge on any atom is -0.497 e. The Morgan fingerprint density at radius 2 is 1.62 bits per heavy atom. The molecule has 9 heteroatoms. The van der Waals surface area contributed by atoms with E-state index >= 15 is 0 Å². The summed E-state index contributed by atoms with van der Waals surface area (Å²) < 4.78 is 33.4. The van der Waals surface area contributed by atoms with Gasteiger partial charge >= 0.3 is 0 Å². The Labute approximate surface area is 148 Å². The van der Waals surface area contributed by atoms with E-state index in [9.17, 15) is 13.2 Å². The fourth-order valence-electron chi connectivity index (χ4n) is 2.72. The van der Waals surface area contributed by atoms with Crippen LogP contribution in [0.5, 0.6) is 11.5 Å². The Morgan fingerprint density at radius 1 is 1.12 bits per heavy atom. The number of amides is 1. The zero-order chi connectivity index (χ0) is 17.1. The molecule has 0 saturated carbocycles. The number of methoxy groups -OCH3 is 2. The van der Waals surface area contributed by atoms with Crippen LogP contribution in [0.2, 0.25) is 0 Å². The number of carbonyl (C=O) groups is 1. The highest BCUT2D eigenvalue weighted by Crippen LogP contribution is 2.31. The molecule has 7 nitrogen and oxygen atoms in total. The minimum atomic E-state index is -3.55. The monoisotopic (exact) mass is 378 g/mol. The molecule has 0 aromatic heterocycles. The van der Waals surface area contributed by atoms with E-state index in [4.69, 9.17) is 9.47 Å². The molecule has 1 aromatic rings. The van der Waals surface area contributed by atoms with E-state index in [0.717, 1.165) is 6.26 Å². The SMILES string of the molecule is COc1cc(NC(=O)C2(S(C)(=O)=O)CCNCC2)cc(OC)c1.Cl. The maximum absolute atomic E-state index is 12.7. The van der Waals surface area contributed by atoms with Crippen molar-refractivity contribution >= 4 is 33.8 Å². The van der Waals surface area contributed by atoms with Gasteiger partial charge in [0.2, 0.25) is 5.91 Å². The number of benzene rings is 1. The number of hydrogen-bond acceptors (Lipinski definition) is 6. The van der Waals surface area contributed by atoms with Gasteiger partial charge in [-0.25, -0.2) is 8.42 Å². The van der Waals surface area contributed by atoms with Crippen LogP contribution >= 0.6 is 12.4 Å². The second-order valence-corrected chi connectivity index (χ2v) is 7.90. The maximum atomic E-state index is 12.7. The lowest BCUT2D eigenvalue weighted by molar-refractivity contribution is -0.119. The van der Waals surface area contributed by atoms with Crippen molar-refractivity contribution in [3.8, 4) is 11.5 Å². The first-order valence-electron chi connectivity index (χ1n) is 7.27. The summed E-state index contributed by atoms with van der Waals surface area (Å²) in [5.74, 6) is 0.508. The molecule has 1 saturated heterocycles. The van der Waals surface area contributed by atoms with Gasteiger partial charge in [0.15, 0.2) is 14.6 Å². The molecule has 1 aromatic carbocycles. The summed E-state index contributed by atoms with van der Waals surface area (Å²) in [6.45, 7) is 0.976. The van der Waals surface area contributed by atoms with Crippen molar-refractivity contribution in [1.82, 2.24) is 5.32 Å². The standard InChI is InChI=1S/C15H22N2O5S.ClH/c1-21-12-8-11(9-13(10-12)22-2)17-14(18)15(23(3,19)20)4-6-16-7-5-15;/h8-10,16H,4-7H2,1-3H3,(H,17,18);1H. The Balaban J connectivity index is 0.00000288. The molecule has 0 bridgehead atoms. The number of rotatable bonds is 5. The lowest BCUT2D eigenvalue weighted by atomic mass is 9.95. The highest BCUT2D eigenvalue weighted by molar-refractivity contribution is 7.92. The van der Waals surface area contributed by atoms with Crippen LogP contribution in [0.25, 0.3) is 0 Å². The first kappa shape index (κ1) is 20.5. The fourth-order valence-corrected chi connectivity index (χ4v) is 4.05. The van der Waals surface area contributed by atoms with Crippen LogP contribution in [0.15, 0.2) is 18.2 Å². The van der Waals surface area contributed by atoms with Crippen molar-refractivity contribution < 1.29 is 22.7 Å². The van der Waals surface area contributed by atoms with E-state index in [1.807, 2.05) is 0 Å². The van der Waals surface area contributed by atoms with Crippen LogP contribution in [0.1, 0.15) is 12.8 Å². The van der Waals surface area contributed by atoms with Gasteiger partial charge in [0.25, 0.3) is 0 Å². The molecule has 24 heavy (non-hydrogen) atoms. The number of nitrogens with one attached hydrogen (secondary N) is 2. The summed E-state index contributed by atoms with van der Waals surface area (Å²) in [5.41, 5.74) is 0.438. The second kappa shape index (κ2) is 8.04. The molecule has 1 fully saturated rings. The van der Waals surface area contributed by atoms with E-state index in [2.05, 4.69) is 10.6 Å². The minimum absolute atomic E-state index is 0. The third-order valence-corrected chi connectivity index (χ3v) is 6.16. The zero-order valence-corrected chi connectivity index (χ0v) is 15.6. The van der Waals surface area contributed by atoms with E-state index in [-0.39, 0.29) is 25.2 Å². The average molecular weight is 379 g/mol. The summed E-state index contributed by atoms with van der Waals surface area (Å²) in [7, 11) is -0.542. The van der Waals surface area contributed by atoms with Crippen molar-refractivity contribution in [2.24, 2.45) is 0 Å². The van der Waals surface area contributed by atoms with Gasteiger partial charge in [-0.1, -0.05) is 0 Å². The molecule has 1 aliphatic rings. The number of carbonyl (C=O) groups excluding carboxylic acids is 1. The first-order valence-corrected chi connectivity index (χ1v) is 9.16. The van der Waals surface area contributed by atoms with Crippen LogP contribution in [0.4, 0.5) is 5.69 Å². The Bertz CT molecular complexity index is 665. The lowest BCUT2D eigenvalue weighted by Crippen LogP contribution is -2.55. The van der Waals surface area contributed by atoms with Crippen molar-refractivity contribution in [1.29, 1.82) is 0 Å². The summed E-state index contributed by atoms with van der Waals surface area (Å²) in [6, 6.07) is 4.92. The second-order valence-electron chi connectivity index (χ2n) is 5.57. The van der Waals surface area contributed by atoms with Crippen LogP contribution in [-0.2, 0) is 14.6 Å². The highest BCUT2D eigenvalue weighted by Gasteiger charge is 2.48. The van der Waals surface area contributed by atoms with Crippen molar-refractivity contribution in [3.05, 3.63) is 18.2 Å². The molecular formula is C15H23ClN2O5S. The molecule has 1 aliphatic heterocycles. The summed E-state index contributed by atoms with van der Waals surface area (Å²) >= 11 is 0. The molecular weight excluding hydrogens is 356 g/mol. The van der Waals surface area contributed by atoms with Crippen molar-refractivity contribution in [2.75, 3.05) is 38.9 Å². The number of ether oxygens (including phenoxy) is 2. The van der Waals surface area contributed by atoms with Gasteiger partial charge < -0.3 is 20.1 Å². The van der Waals surface area contributed by atoms with Crippen molar-refractivity contribution in [2.45, 2.75) is 17.6 Å². The topological polar surface area (TPSA) is 93.7 Å². The van der Waals surface area contributed by atoms with E-state index in [0.29, 0.717) is 30.3 Å². The lowest BCUT2D eigenvalue weighted by Gasteiger charge is -2.34. The molecule has 0 unspecified atom stereocenters. The third-order valence-electron chi connectivity index (χ3n) is 4.14. The number of halogens is 1. The van der Waals surface area contributed by atoms with Gasteiger partial charge in [-0.05, 0) is 25.9 Å². The van der Waals surface area contributed by atoms with Crippen LogP contribution in [0.3, 0.4) is 0 Å². The Morgan fingerprint density at radius 3 is 2.04 bits per heavy atom. The Hall–Kier alpha value is -1.51. The van der Waals surface area contributed by atoms with E-state index < -0.39 is 20.5 Å².